The number of para-hydroxylation sites is 1. The van der Waals surface area contributed by atoms with Crippen molar-refractivity contribution in [3.8, 4) is 0 Å². The van der Waals surface area contributed by atoms with Crippen LogP contribution >= 0.6 is 0 Å². The molecule has 0 radical (unpaired) electrons. The third kappa shape index (κ3) is 5.14. The fourth-order valence-electron chi connectivity index (χ4n) is 4.43. The predicted molar refractivity (Wildman–Crippen MR) is 123 cm³/mol. The van der Waals surface area contributed by atoms with Gasteiger partial charge < -0.3 is 20.5 Å². The Morgan fingerprint density at radius 1 is 1.06 bits per heavy atom. The molecule has 1 aliphatic heterocycles. The maximum atomic E-state index is 12.9. The van der Waals surface area contributed by atoms with Gasteiger partial charge >= 0.3 is 0 Å². The highest BCUT2D eigenvalue weighted by atomic mass is 16.2. The highest BCUT2D eigenvalue weighted by molar-refractivity contribution is 6.07. The Balaban J connectivity index is 1.36. The molecule has 6 heteroatoms. The molecule has 4 rings (SSSR count). The number of primary amides is 1. The second-order valence-electron chi connectivity index (χ2n) is 8.33. The molecule has 0 spiro atoms. The van der Waals surface area contributed by atoms with E-state index in [9.17, 15) is 9.59 Å². The molecule has 6 nitrogen and oxygen atoms in total. The van der Waals surface area contributed by atoms with Gasteiger partial charge in [0.1, 0.15) is 0 Å². The molecule has 0 bridgehead atoms. The maximum absolute atomic E-state index is 12.9. The van der Waals surface area contributed by atoms with Crippen molar-refractivity contribution in [1.29, 1.82) is 0 Å². The average Bonchev–Trinajstić information content (AvgIpc) is 3.16. The van der Waals surface area contributed by atoms with Crippen LogP contribution in [0.1, 0.15) is 35.2 Å². The van der Waals surface area contributed by atoms with Crippen molar-refractivity contribution < 1.29 is 9.59 Å². The number of benzene rings is 2. The largest absolute Gasteiger partial charge is 0.369 e. The number of aromatic nitrogens is 1. The molecule has 1 saturated heterocycles. The number of hydrogen-bond donors (Lipinski definition) is 2. The van der Waals surface area contributed by atoms with E-state index in [-0.39, 0.29) is 17.7 Å². The van der Waals surface area contributed by atoms with Crippen molar-refractivity contribution in [2.24, 2.45) is 11.7 Å². The van der Waals surface area contributed by atoms with Crippen LogP contribution in [0.4, 0.5) is 0 Å². The SMILES string of the molecule is NC(=O)C1CCCN(CCCNC(=O)c2cn(Cc3ccccc3)c3ccccc23)C1. The summed E-state index contributed by atoms with van der Waals surface area (Å²) in [6.45, 7) is 3.92. The van der Waals surface area contributed by atoms with Crippen LogP contribution in [0.15, 0.2) is 60.8 Å². The Labute approximate surface area is 183 Å². The van der Waals surface area contributed by atoms with Gasteiger partial charge in [-0.05, 0) is 44.0 Å². The molecule has 1 fully saturated rings. The summed E-state index contributed by atoms with van der Waals surface area (Å²) in [5.41, 5.74) is 8.42. The molecule has 3 aromatic rings. The second-order valence-corrected chi connectivity index (χ2v) is 8.33. The number of piperidine rings is 1. The molecular formula is C25H30N4O2. The molecule has 162 valence electrons. The number of hydrogen-bond acceptors (Lipinski definition) is 3. The van der Waals surface area contributed by atoms with Gasteiger partial charge in [0.2, 0.25) is 5.91 Å². The van der Waals surface area contributed by atoms with Gasteiger partial charge in [0.25, 0.3) is 5.91 Å². The minimum Gasteiger partial charge on any atom is -0.369 e. The lowest BCUT2D eigenvalue weighted by molar-refractivity contribution is -0.123. The molecule has 31 heavy (non-hydrogen) atoms. The minimum atomic E-state index is -0.204. The molecule has 0 saturated carbocycles. The van der Waals surface area contributed by atoms with Crippen LogP contribution in [0.3, 0.4) is 0 Å². The number of nitrogens with two attached hydrogens (primary N) is 1. The summed E-state index contributed by atoms with van der Waals surface area (Å²) >= 11 is 0. The summed E-state index contributed by atoms with van der Waals surface area (Å²) in [6.07, 6.45) is 4.69. The second kappa shape index (κ2) is 9.79. The Hall–Kier alpha value is -3.12. The van der Waals surface area contributed by atoms with Crippen molar-refractivity contribution in [2.45, 2.75) is 25.8 Å². The van der Waals surface area contributed by atoms with E-state index in [1.54, 1.807) is 0 Å². The Morgan fingerprint density at radius 2 is 1.84 bits per heavy atom. The van der Waals surface area contributed by atoms with Gasteiger partial charge in [0.15, 0.2) is 0 Å². The van der Waals surface area contributed by atoms with E-state index in [0.29, 0.717) is 12.1 Å². The maximum Gasteiger partial charge on any atom is 0.253 e. The smallest absolute Gasteiger partial charge is 0.253 e. The minimum absolute atomic E-state index is 0.0425. The number of carbonyl (C=O) groups excluding carboxylic acids is 2. The van der Waals surface area contributed by atoms with E-state index in [4.69, 9.17) is 5.73 Å². The first kappa shape index (κ1) is 21.1. The summed E-state index contributed by atoms with van der Waals surface area (Å²) < 4.78 is 2.14. The van der Waals surface area contributed by atoms with Crippen LogP contribution in [0.25, 0.3) is 10.9 Å². The van der Waals surface area contributed by atoms with Crippen molar-refractivity contribution in [3.05, 3.63) is 71.9 Å². The van der Waals surface area contributed by atoms with Crippen LogP contribution in [0.5, 0.6) is 0 Å². The number of nitrogens with zero attached hydrogens (tertiary/aromatic N) is 2. The van der Waals surface area contributed by atoms with Gasteiger partial charge in [-0.1, -0.05) is 48.5 Å². The Kier molecular flexibility index (Phi) is 6.67. The molecule has 1 unspecified atom stereocenters. The van der Waals surface area contributed by atoms with E-state index in [1.165, 1.54) is 5.56 Å². The highest BCUT2D eigenvalue weighted by Crippen LogP contribution is 2.22. The van der Waals surface area contributed by atoms with Crippen molar-refractivity contribution >= 4 is 22.7 Å². The van der Waals surface area contributed by atoms with Gasteiger partial charge in [-0.25, -0.2) is 0 Å². The van der Waals surface area contributed by atoms with Gasteiger partial charge in [-0.2, -0.15) is 0 Å². The molecular weight excluding hydrogens is 388 g/mol. The fourth-order valence-corrected chi connectivity index (χ4v) is 4.43. The normalized spacial score (nSPS) is 17.0. The topological polar surface area (TPSA) is 80.4 Å². The zero-order chi connectivity index (χ0) is 21.6. The number of nitrogens with one attached hydrogen (secondary N) is 1. The molecule has 0 aliphatic carbocycles. The quantitative estimate of drug-likeness (QED) is 0.552. The van der Waals surface area contributed by atoms with Gasteiger partial charge in [0, 0.05) is 36.7 Å². The van der Waals surface area contributed by atoms with E-state index >= 15 is 0 Å². The third-order valence-corrected chi connectivity index (χ3v) is 6.07. The van der Waals surface area contributed by atoms with E-state index < -0.39 is 0 Å². The summed E-state index contributed by atoms with van der Waals surface area (Å²) in [5, 5.41) is 4.04. The van der Waals surface area contributed by atoms with E-state index in [0.717, 1.165) is 56.3 Å². The first-order valence-electron chi connectivity index (χ1n) is 11.0. The zero-order valence-corrected chi connectivity index (χ0v) is 17.8. The Morgan fingerprint density at radius 3 is 2.65 bits per heavy atom. The van der Waals surface area contributed by atoms with Crippen LogP contribution in [0.2, 0.25) is 0 Å². The van der Waals surface area contributed by atoms with Crippen LogP contribution < -0.4 is 11.1 Å². The molecule has 1 aliphatic rings. The third-order valence-electron chi connectivity index (χ3n) is 6.07. The standard InChI is InChI=1S/C25H30N4O2/c26-24(30)20-10-6-14-28(17-20)15-7-13-27-25(31)22-18-29(16-19-8-2-1-3-9-19)23-12-5-4-11-21(22)23/h1-5,8-9,11-12,18,20H,6-7,10,13-17H2,(H2,26,30)(H,27,31). The van der Waals surface area contributed by atoms with Crippen LogP contribution in [-0.2, 0) is 11.3 Å². The lowest BCUT2D eigenvalue weighted by Crippen LogP contribution is -2.42. The lowest BCUT2D eigenvalue weighted by atomic mass is 9.97. The van der Waals surface area contributed by atoms with Crippen LogP contribution in [0, 0.1) is 5.92 Å². The number of rotatable bonds is 8. The number of fused-ring (bicyclic) bond motifs is 1. The summed E-state index contributed by atoms with van der Waals surface area (Å²) in [7, 11) is 0. The fraction of sp³-hybridized carbons (Fsp3) is 0.360. The van der Waals surface area contributed by atoms with Crippen molar-refractivity contribution in [1.82, 2.24) is 14.8 Å². The van der Waals surface area contributed by atoms with Gasteiger partial charge in [-0.15, -0.1) is 0 Å². The first-order valence-corrected chi connectivity index (χ1v) is 11.0. The predicted octanol–water partition coefficient (Wildman–Crippen LogP) is 3.01. The molecule has 2 amide bonds. The molecule has 1 atom stereocenters. The molecule has 1 aromatic heterocycles. The lowest BCUT2D eigenvalue weighted by Gasteiger charge is -2.31. The molecule has 2 heterocycles. The van der Waals surface area contributed by atoms with Crippen LogP contribution in [-0.4, -0.2) is 47.5 Å². The van der Waals surface area contributed by atoms with Gasteiger partial charge in [0.05, 0.1) is 11.5 Å². The molecule has 3 N–H and O–H groups in total. The zero-order valence-electron chi connectivity index (χ0n) is 17.8. The monoisotopic (exact) mass is 418 g/mol. The highest BCUT2D eigenvalue weighted by Gasteiger charge is 2.23. The van der Waals surface area contributed by atoms with E-state index in [1.807, 2.05) is 42.6 Å². The number of carbonyl (C=O) groups is 2. The van der Waals surface area contributed by atoms with Crippen molar-refractivity contribution in [2.75, 3.05) is 26.2 Å². The van der Waals surface area contributed by atoms with Crippen molar-refractivity contribution in [3.63, 3.8) is 0 Å². The molecule has 2 aromatic carbocycles. The summed E-state index contributed by atoms with van der Waals surface area (Å²) in [5.74, 6) is -0.291. The number of amides is 2. The average molecular weight is 419 g/mol. The van der Waals surface area contributed by atoms with Gasteiger partial charge in [-0.3, -0.25) is 9.59 Å². The van der Waals surface area contributed by atoms with E-state index in [2.05, 4.69) is 33.0 Å². The summed E-state index contributed by atoms with van der Waals surface area (Å²) in [6, 6.07) is 18.3. The first-order chi connectivity index (χ1) is 15.1. The number of likely N-dealkylation sites (tertiary alicyclic amines) is 1. The summed E-state index contributed by atoms with van der Waals surface area (Å²) in [4.78, 5) is 26.6. The Bertz CT molecular complexity index is 1040.